The lowest BCUT2D eigenvalue weighted by Gasteiger charge is -2.51. The van der Waals surface area contributed by atoms with Crippen LogP contribution in [-0.4, -0.2) is 47.4 Å². The van der Waals surface area contributed by atoms with Gasteiger partial charge in [-0.15, -0.1) is 0 Å². The second-order valence-electron chi connectivity index (χ2n) is 6.97. The number of hydrogen-bond acceptors (Lipinski definition) is 3. The molecule has 0 bridgehead atoms. The molecular formula is C16H29NO2. The molecule has 0 aromatic heterocycles. The van der Waals surface area contributed by atoms with Gasteiger partial charge >= 0.3 is 0 Å². The Bertz CT molecular complexity index is 316. The standard InChI is InChI=1S/C16H29NO2/c1-2-17-10-4-8-16(18,9-11-17)14-5-12-19-15(13-14)6-3-7-15/h14,18H,2-13H2,1H3. The van der Waals surface area contributed by atoms with E-state index in [1.807, 2.05) is 0 Å². The van der Waals surface area contributed by atoms with Crippen molar-refractivity contribution < 1.29 is 9.84 Å². The fourth-order valence-corrected chi connectivity index (χ4v) is 4.33. The van der Waals surface area contributed by atoms with Crippen LogP contribution in [0, 0.1) is 5.92 Å². The molecule has 19 heavy (non-hydrogen) atoms. The number of nitrogens with zero attached hydrogens (tertiary/aromatic N) is 1. The van der Waals surface area contributed by atoms with Gasteiger partial charge < -0.3 is 14.7 Å². The summed E-state index contributed by atoms with van der Waals surface area (Å²) >= 11 is 0. The van der Waals surface area contributed by atoms with Gasteiger partial charge in [-0.1, -0.05) is 6.92 Å². The van der Waals surface area contributed by atoms with E-state index >= 15 is 0 Å². The van der Waals surface area contributed by atoms with Crippen LogP contribution in [0.15, 0.2) is 0 Å². The molecule has 2 saturated heterocycles. The van der Waals surface area contributed by atoms with Gasteiger partial charge in [-0.05, 0) is 70.4 Å². The summed E-state index contributed by atoms with van der Waals surface area (Å²) in [5, 5.41) is 11.2. The molecule has 2 atom stereocenters. The molecule has 3 fully saturated rings. The van der Waals surface area contributed by atoms with Gasteiger partial charge in [0.1, 0.15) is 0 Å². The molecule has 1 saturated carbocycles. The molecule has 3 rings (SSSR count). The molecule has 0 radical (unpaired) electrons. The summed E-state index contributed by atoms with van der Waals surface area (Å²) in [6.45, 7) is 6.44. The van der Waals surface area contributed by atoms with Crippen molar-refractivity contribution in [3.8, 4) is 0 Å². The molecule has 2 aliphatic heterocycles. The zero-order chi connectivity index (χ0) is 13.3. The van der Waals surface area contributed by atoms with E-state index in [-0.39, 0.29) is 5.60 Å². The van der Waals surface area contributed by atoms with Crippen molar-refractivity contribution in [3.05, 3.63) is 0 Å². The second-order valence-corrected chi connectivity index (χ2v) is 6.97. The van der Waals surface area contributed by atoms with Gasteiger partial charge in [0.05, 0.1) is 11.2 Å². The van der Waals surface area contributed by atoms with E-state index in [2.05, 4.69) is 11.8 Å². The molecule has 0 aromatic carbocycles. The van der Waals surface area contributed by atoms with Crippen LogP contribution in [0.25, 0.3) is 0 Å². The molecule has 2 heterocycles. The molecule has 3 nitrogen and oxygen atoms in total. The predicted octanol–water partition coefficient (Wildman–Crippen LogP) is 2.57. The maximum absolute atomic E-state index is 11.2. The molecule has 0 aromatic rings. The number of ether oxygens (including phenoxy) is 1. The van der Waals surface area contributed by atoms with E-state index in [0.717, 1.165) is 58.3 Å². The number of rotatable bonds is 2. The van der Waals surface area contributed by atoms with E-state index in [9.17, 15) is 5.11 Å². The number of aliphatic hydroxyl groups is 1. The van der Waals surface area contributed by atoms with E-state index in [1.165, 1.54) is 19.3 Å². The highest BCUT2D eigenvalue weighted by molar-refractivity contribution is 5.00. The first-order valence-corrected chi connectivity index (χ1v) is 8.25. The van der Waals surface area contributed by atoms with Crippen molar-refractivity contribution in [1.82, 2.24) is 4.90 Å². The van der Waals surface area contributed by atoms with Crippen LogP contribution >= 0.6 is 0 Å². The third-order valence-electron chi connectivity index (χ3n) is 5.91. The summed E-state index contributed by atoms with van der Waals surface area (Å²) in [7, 11) is 0. The smallest absolute Gasteiger partial charge is 0.0690 e. The molecule has 3 heteroatoms. The third kappa shape index (κ3) is 2.70. The highest BCUT2D eigenvalue weighted by atomic mass is 16.5. The van der Waals surface area contributed by atoms with E-state index < -0.39 is 5.60 Å². The van der Waals surface area contributed by atoms with Crippen LogP contribution in [0.1, 0.15) is 58.3 Å². The van der Waals surface area contributed by atoms with Crippen LogP contribution in [-0.2, 0) is 4.74 Å². The molecule has 110 valence electrons. The van der Waals surface area contributed by atoms with Gasteiger partial charge in [-0.25, -0.2) is 0 Å². The zero-order valence-corrected chi connectivity index (χ0v) is 12.4. The number of hydrogen-bond donors (Lipinski definition) is 1. The maximum Gasteiger partial charge on any atom is 0.0690 e. The van der Waals surface area contributed by atoms with Crippen LogP contribution in [0.5, 0.6) is 0 Å². The maximum atomic E-state index is 11.2. The van der Waals surface area contributed by atoms with Gasteiger partial charge in [0, 0.05) is 13.2 Å². The summed E-state index contributed by atoms with van der Waals surface area (Å²) in [6.07, 6.45) is 9.02. The van der Waals surface area contributed by atoms with Gasteiger partial charge in [0.15, 0.2) is 0 Å². The molecule has 1 aliphatic carbocycles. The fourth-order valence-electron chi connectivity index (χ4n) is 4.33. The predicted molar refractivity (Wildman–Crippen MR) is 76.2 cm³/mol. The minimum absolute atomic E-state index is 0.162. The molecule has 0 amide bonds. The SMILES string of the molecule is CCN1CCCC(O)(C2CCOC3(CCC3)C2)CC1. The summed E-state index contributed by atoms with van der Waals surface area (Å²) < 4.78 is 6.02. The summed E-state index contributed by atoms with van der Waals surface area (Å²) in [5.74, 6) is 0.471. The Balaban J connectivity index is 1.65. The highest BCUT2D eigenvalue weighted by Crippen LogP contribution is 2.48. The zero-order valence-electron chi connectivity index (χ0n) is 12.4. The number of likely N-dealkylation sites (tertiary alicyclic amines) is 1. The summed E-state index contributed by atoms with van der Waals surface area (Å²) in [5.41, 5.74) is -0.258. The minimum atomic E-state index is -0.420. The Morgan fingerprint density at radius 3 is 2.68 bits per heavy atom. The van der Waals surface area contributed by atoms with Crippen molar-refractivity contribution in [3.63, 3.8) is 0 Å². The Morgan fingerprint density at radius 2 is 2.00 bits per heavy atom. The van der Waals surface area contributed by atoms with Crippen LogP contribution in [0.4, 0.5) is 0 Å². The van der Waals surface area contributed by atoms with Gasteiger partial charge in [-0.2, -0.15) is 0 Å². The average molecular weight is 267 g/mol. The Morgan fingerprint density at radius 1 is 1.16 bits per heavy atom. The highest BCUT2D eigenvalue weighted by Gasteiger charge is 2.48. The Labute approximate surface area is 117 Å². The lowest BCUT2D eigenvalue weighted by molar-refractivity contribution is -0.177. The Kier molecular flexibility index (Phi) is 3.89. The lowest BCUT2D eigenvalue weighted by Crippen LogP contribution is -2.52. The Hall–Kier alpha value is -0.120. The van der Waals surface area contributed by atoms with E-state index in [1.54, 1.807) is 0 Å². The minimum Gasteiger partial charge on any atom is -0.390 e. The molecular weight excluding hydrogens is 238 g/mol. The van der Waals surface area contributed by atoms with Crippen molar-refractivity contribution in [1.29, 1.82) is 0 Å². The van der Waals surface area contributed by atoms with Crippen molar-refractivity contribution in [2.24, 2.45) is 5.92 Å². The quantitative estimate of drug-likeness (QED) is 0.834. The first-order chi connectivity index (χ1) is 9.16. The lowest BCUT2D eigenvalue weighted by atomic mass is 9.66. The van der Waals surface area contributed by atoms with Crippen molar-refractivity contribution in [2.45, 2.75) is 69.5 Å². The molecule has 2 unspecified atom stereocenters. The monoisotopic (exact) mass is 267 g/mol. The normalized spacial score (nSPS) is 39.8. The van der Waals surface area contributed by atoms with Crippen LogP contribution < -0.4 is 0 Å². The molecule has 1 spiro atoms. The van der Waals surface area contributed by atoms with E-state index in [4.69, 9.17) is 4.74 Å². The van der Waals surface area contributed by atoms with Gasteiger partial charge in [-0.3, -0.25) is 0 Å². The fraction of sp³-hybridized carbons (Fsp3) is 1.00. The molecule has 3 aliphatic rings. The largest absolute Gasteiger partial charge is 0.390 e. The van der Waals surface area contributed by atoms with E-state index in [0.29, 0.717) is 5.92 Å². The summed E-state index contributed by atoms with van der Waals surface area (Å²) in [6, 6.07) is 0. The topological polar surface area (TPSA) is 32.7 Å². The third-order valence-corrected chi connectivity index (χ3v) is 5.91. The first kappa shape index (κ1) is 13.8. The second kappa shape index (κ2) is 5.34. The molecule has 1 N–H and O–H groups in total. The summed E-state index contributed by atoms with van der Waals surface area (Å²) in [4.78, 5) is 2.48. The average Bonchev–Trinajstić information content (AvgIpc) is 2.60. The van der Waals surface area contributed by atoms with Crippen LogP contribution in [0.2, 0.25) is 0 Å². The van der Waals surface area contributed by atoms with Gasteiger partial charge in [0.25, 0.3) is 0 Å². The first-order valence-electron chi connectivity index (χ1n) is 8.25. The van der Waals surface area contributed by atoms with Crippen molar-refractivity contribution in [2.75, 3.05) is 26.2 Å². The van der Waals surface area contributed by atoms with Gasteiger partial charge in [0.2, 0.25) is 0 Å². The van der Waals surface area contributed by atoms with Crippen LogP contribution in [0.3, 0.4) is 0 Å². The van der Waals surface area contributed by atoms with Crippen molar-refractivity contribution >= 4 is 0 Å².